The summed E-state index contributed by atoms with van der Waals surface area (Å²) >= 11 is 0. The Labute approximate surface area is 164 Å². The van der Waals surface area contributed by atoms with Crippen molar-refractivity contribution in [3.8, 4) is 6.07 Å². The maximum atomic E-state index is 13.2. The lowest BCUT2D eigenvalue weighted by atomic mass is 9.86. The lowest BCUT2D eigenvalue weighted by Gasteiger charge is -2.32. The van der Waals surface area contributed by atoms with Crippen LogP contribution in [0.3, 0.4) is 0 Å². The molecule has 0 aromatic heterocycles. The Bertz CT molecular complexity index is 833. The zero-order valence-electron chi connectivity index (χ0n) is 15.8. The molecule has 1 atom stereocenters. The first-order chi connectivity index (χ1) is 13.5. The normalized spacial score (nSPS) is 11.9. The van der Waals surface area contributed by atoms with E-state index in [-0.39, 0.29) is 12.3 Å². The Kier molecular flexibility index (Phi) is 7.19. The summed E-state index contributed by atoms with van der Waals surface area (Å²) in [5.41, 5.74) is -0.494. The lowest BCUT2D eigenvalue weighted by molar-refractivity contribution is -0.170. The van der Waals surface area contributed by atoms with Gasteiger partial charge in [0.05, 0.1) is 6.07 Å². The number of benzene rings is 2. The van der Waals surface area contributed by atoms with Crippen LogP contribution in [0, 0.1) is 22.7 Å². The number of nitrogens with zero attached hydrogens (tertiary/aromatic N) is 1. The first kappa shape index (κ1) is 21.0. The second kappa shape index (κ2) is 9.58. The van der Waals surface area contributed by atoms with Gasteiger partial charge in [0.15, 0.2) is 12.4 Å². The van der Waals surface area contributed by atoms with Crippen LogP contribution in [0.4, 0.5) is 0 Å². The molecule has 0 aliphatic carbocycles. The molecule has 0 aliphatic heterocycles. The van der Waals surface area contributed by atoms with Gasteiger partial charge in [0.2, 0.25) is 5.60 Å². The highest BCUT2D eigenvalue weighted by atomic mass is 16.6. The molecule has 0 aliphatic rings. The Morgan fingerprint density at radius 3 is 1.96 bits per heavy atom. The number of Topliss-reactive ketones (excluding diaryl/α,β-unsaturated/α-hetero) is 1. The van der Waals surface area contributed by atoms with Crippen LogP contribution >= 0.6 is 0 Å². The number of hydrogen-bond acceptors (Lipinski definition) is 6. The van der Waals surface area contributed by atoms with Crippen molar-refractivity contribution in [3.63, 3.8) is 0 Å². The van der Waals surface area contributed by atoms with Gasteiger partial charge in [0, 0.05) is 12.3 Å². The van der Waals surface area contributed by atoms with Crippen LogP contribution in [0.5, 0.6) is 0 Å². The molecule has 0 heterocycles. The fourth-order valence-corrected chi connectivity index (χ4v) is 2.92. The van der Waals surface area contributed by atoms with Crippen LogP contribution in [0.2, 0.25) is 0 Å². The summed E-state index contributed by atoms with van der Waals surface area (Å²) in [5.74, 6) is -2.63. The third-order valence-electron chi connectivity index (χ3n) is 4.24. The zero-order chi connectivity index (χ0) is 20.6. The van der Waals surface area contributed by atoms with Crippen molar-refractivity contribution in [2.45, 2.75) is 19.4 Å². The van der Waals surface area contributed by atoms with E-state index in [2.05, 4.69) is 0 Å². The summed E-state index contributed by atoms with van der Waals surface area (Å²) in [7, 11) is 0. The summed E-state index contributed by atoms with van der Waals surface area (Å²) in [6.07, 6.45) is 0. The molecular weight excluding hydrogens is 356 g/mol. The van der Waals surface area contributed by atoms with E-state index < -0.39 is 29.9 Å². The molecule has 2 rings (SSSR count). The first-order valence-corrected chi connectivity index (χ1v) is 8.87. The number of carbonyl (C=O) groups excluding carboxylic acids is 2. The van der Waals surface area contributed by atoms with Crippen molar-refractivity contribution in [2.75, 3.05) is 13.2 Å². The first-order valence-electron chi connectivity index (χ1n) is 8.87. The van der Waals surface area contributed by atoms with Crippen molar-refractivity contribution in [3.05, 3.63) is 71.8 Å². The average molecular weight is 378 g/mol. The second-order valence-corrected chi connectivity index (χ2v) is 6.13. The van der Waals surface area contributed by atoms with E-state index in [0.29, 0.717) is 11.1 Å². The number of ketones is 1. The van der Waals surface area contributed by atoms with Crippen LogP contribution in [-0.2, 0) is 24.7 Å². The number of ether oxygens (including phenoxy) is 2. The van der Waals surface area contributed by atoms with Gasteiger partial charge >= 0.3 is 5.97 Å². The van der Waals surface area contributed by atoms with Gasteiger partial charge in [-0.05, 0) is 25.0 Å². The fraction of sp³-hybridized carbons (Fsp3) is 0.273. The Morgan fingerprint density at radius 1 is 1.07 bits per heavy atom. The molecule has 0 radical (unpaired) electrons. The second-order valence-electron chi connectivity index (χ2n) is 6.13. The third kappa shape index (κ3) is 4.33. The largest absolute Gasteiger partial charge is 0.455 e. The summed E-state index contributed by atoms with van der Waals surface area (Å²) in [4.78, 5) is 25.4. The maximum Gasteiger partial charge on any atom is 0.348 e. The molecule has 6 nitrogen and oxygen atoms in total. The lowest BCUT2D eigenvalue weighted by Crippen LogP contribution is -2.42. The molecule has 0 spiro atoms. The molecule has 0 saturated carbocycles. The summed E-state index contributed by atoms with van der Waals surface area (Å²) in [5, 5.41) is 16.6. The molecular formula is C22H22N2O4. The van der Waals surface area contributed by atoms with Crippen LogP contribution in [-0.4, -0.2) is 30.7 Å². The molecule has 0 saturated heterocycles. The van der Waals surface area contributed by atoms with Crippen LogP contribution in [0.25, 0.3) is 0 Å². The highest BCUT2D eigenvalue weighted by molar-refractivity contribution is 6.06. The molecule has 6 heteroatoms. The van der Waals surface area contributed by atoms with Crippen molar-refractivity contribution >= 4 is 17.5 Å². The number of nitriles is 1. The highest BCUT2D eigenvalue weighted by Gasteiger charge is 2.45. The Hall–Kier alpha value is -3.30. The predicted molar refractivity (Wildman–Crippen MR) is 104 cm³/mol. The SMILES string of the molecule is CCOC(C(=O)OCC(=O)[C@@H](C#N)C(C)=N)(c1ccccc1)c1ccccc1. The minimum atomic E-state index is -1.54. The number of nitrogens with one attached hydrogen (secondary N) is 1. The van der Waals surface area contributed by atoms with Gasteiger partial charge in [-0.3, -0.25) is 4.79 Å². The van der Waals surface area contributed by atoms with Crippen molar-refractivity contribution in [1.29, 1.82) is 10.7 Å². The van der Waals surface area contributed by atoms with E-state index in [1.54, 1.807) is 61.5 Å². The van der Waals surface area contributed by atoms with Crippen molar-refractivity contribution in [1.82, 2.24) is 0 Å². The Morgan fingerprint density at radius 2 is 1.57 bits per heavy atom. The predicted octanol–water partition coefficient (Wildman–Crippen LogP) is 3.26. The van der Waals surface area contributed by atoms with Gasteiger partial charge in [-0.25, -0.2) is 4.79 Å². The fourth-order valence-electron chi connectivity index (χ4n) is 2.92. The molecule has 0 bridgehead atoms. The third-order valence-corrected chi connectivity index (χ3v) is 4.24. The van der Waals surface area contributed by atoms with E-state index >= 15 is 0 Å². The summed E-state index contributed by atoms with van der Waals surface area (Å²) in [6.45, 7) is 2.75. The standard InChI is InChI=1S/C22H22N2O4/c1-3-28-22(17-10-6-4-7-11-17,18-12-8-5-9-13-18)21(26)27-15-20(25)19(14-23)16(2)24/h4-13,19,24H,3,15H2,1-2H3/t19-/m0/s1. The van der Waals surface area contributed by atoms with Crippen LogP contribution in [0.1, 0.15) is 25.0 Å². The van der Waals surface area contributed by atoms with Gasteiger partial charge in [-0.2, -0.15) is 5.26 Å². The van der Waals surface area contributed by atoms with Crippen molar-refractivity contribution < 1.29 is 19.1 Å². The highest BCUT2D eigenvalue weighted by Crippen LogP contribution is 2.35. The molecule has 144 valence electrons. The molecule has 0 amide bonds. The van der Waals surface area contributed by atoms with E-state index in [1.807, 2.05) is 12.1 Å². The molecule has 2 aromatic carbocycles. The van der Waals surface area contributed by atoms with Crippen LogP contribution in [0.15, 0.2) is 60.7 Å². The number of rotatable bonds is 9. The maximum absolute atomic E-state index is 13.2. The zero-order valence-corrected chi connectivity index (χ0v) is 15.8. The van der Waals surface area contributed by atoms with E-state index in [1.165, 1.54) is 6.92 Å². The minimum absolute atomic E-state index is 0.0919. The minimum Gasteiger partial charge on any atom is -0.455 e. The van der Waals surface area contributed by atoms with Gasteiger partial charge in [-0.1, -0.05) is 60.7 Å². The Balaban J connectivity index is 2.42. The van der Waals surface area contributed by atoms with Gasteiger partial charge in [0.1, 0.15) is 5.92 Å². The topological polar surface area (TPSA) is 100 Å². The molecule has 0 fully saturated rings. The molecule has 2 aromatic rings. The monoisotopic (exact) mass is 378 g/mol. The van der Waals surface area contributed by atoms with E-state index in [9.17, 15) is 9.59 Å². The number of hydrogen-bond donors (Lipinski definition) is 1. The van der Waals surface area contributed by atoms with Gasteiger partial charge < -0.3 is 14.9 Å². The van der Waals surface area contributed by atoms with E-state index in [4.69, 9.17) is 20.1 Å². The average Bonchev–Trinajstić information content (AvgIpc) is 2.71. The van der Waals surface area contributed by atoms with Gasteiger partial charge in [-0.15, -0.1) is 0 Å². The molecule has 1 N–H and O–H groups in total. The van der Waals surface area contributed by atoms with Crippen LogP contribution < -0.4 is 0 Å². The molecule has 28 heavy (non-hydrogen) atoms. The van der Waals surface area contributed by atoms with Gasteiger partial charge in [0.25, 0.3) is 0 Å². The van der Waals surface area contributed by atoms with E-state index in [0.717, 1.165) is 0 Å². The number of carbonyl (C=O) groups is 2. The van der Waals surface area contributed by atoms with Crippen molar-refractivity contribution in [2.24, 2.45) is 5.92 Å². The smallest absolute Gasteiger partial charge is 0.348 e. The quantitative estimate of drug-likeness (QED) is 0.533. The summed E-state index contributed by atoms with van der Waals surface area (Å²) < 4.78 is 11.2. The molecule has 0 unspecified atom stereocenters. The summed E-state index contributed by atoms with van der Waals surface area (Å²) in [6, 6.07) is 19.6. The number of esters is 1.